The first-order valence-electron chi connectivity index (χ1n) is 10.9. The van der Waals surface area contributed by atoms with E-state index in [0.717, 1.165) is 42.3 Å². The number of alkyl halides is 3. The van der Waals surface area contributed by atoms with Crippen molar-refractivity contribution in [1.82, 2.24) is 9.88 Å². The van der Waals surface area contributed by atoms with Gasteiger partial charge in [0.2, 0.25) is 0 Å². The molecule has 0 aliphatic carbocycles. The molecule has 0 unspecified atom stereocenters. The summed E-state index contributed by atoms with van der Waals surface area (Å²) in [5, 5.41) is 5.63. The molecule has 1 aromatic heterocycles. The zero-order chi connectivity index (χ0) is 22.6. The highest BCUT2D eigenvalue weighted by molar-refractivity contribution is 7.10. The van der Waals surface area contributed by atoms with Gasteiger partial charge in [0, 0.05) is 30.9 Å². The second kappa shape index (κ2) is 10.2. The fourth-order valence-corrected chi connectivity index (χ4v) is 5.08. The van der Waals surface area contributed by atoms with Gasteiger partial charge in [-0.05, 0) is 38.1 Å². The number of thiazole rings is 1. The molecule has 4 rings (SSSR count). The van der Waals surface area contributed by atoms with Crippen molar-refractivity contribution in [3.63, 3.8) is 0 Å². The number of ether oxygens (including phenoxy) is 1. The molecule has 6 nitrogen and oxygen atoms in total. The summed E-state index contributed by atoms with van der Waals surface area (Å²) in [6.07, 6.45) is -3.38. The number of anilines is 2. The molecular weight excluding hydrogens is 441 g/mol. The van der Waals surface area contributed by atoms with E-state index in [4.69, 9.17) is 4.74 Å². The maximum Gasteiger partial charge on any atom is 0.390 e. The van der Waals surface area contributed by atoms with Gasteiger partial charge in [0.05, 0.1) is 36.0 Å². The van der Waals surface area contributed by atoms with Crippen LogP contribution in [0, 0.1) is 0 Å². The number of amides is 1. The minimum atomic E-state index is -4.12. The highest BCUT2D eigenvalue weighted by Crippen LogP contribution is 2.32. The average molecular weight is 469 g/mol. The van der Waals surface area contributed by atoms with Crippen LogP contribution in [0.15, 0.2) is 29.6 Å². The third kappa shape index (κ3) is 5.99. The molecule has 0 atom stereocenters. The maximum absolute atomic E-state index is 12.9. The molecule has 3 heterocycles. The smallest absolute Gasteiger partial charge is 0.378 e. The molecule has 1 amide bonds. The number of halogens is 3. The minimum absolute atomic E-state index is 0.0459. The largest absolute Gasteiger partial charge is 0.390 e. The van der Waals surface area contributed by atoms with Gasteiger partial charge < -0.3 is 19.9 Å². The van der Waals surface area contributed by atoms with Crippen molar-refractivity contribution in [2.75, 3.05) is 56.2 Å². The number of para-hydroxylation sites is 2. The van der Waals surface area contributed by atoms with Crippen LogP contribution >= 0.6 is 11.3 Å². The molecule has 1 aromatic carbocycles. The Kier molecular flexibility index (Phi) is 7.32. The van der Waals surface area contributed by atoms with E-state index in [2.05, 4.69) is 15.2 Å². The number of nitrogens with zero attached hydrogens (tertiary/aromatic N) is 3. The number of likely N-dealkylation sites (tertiary alicyclic amines) is 1. The molecule has 32 heavy (non-hydrogen) atoms. The molecular formula is C22H27F3N4O2S. The van der Waals surface area contributed by atoms with Gasteiger partial charge in [-0.2, -0.15) is 13.2 Å². The standard InChI is InChI=1S/C22H27F3N4O2S/c23-22(24,25)7-10-28-8-5-16(6-9-28)21-27-18(15-32-21)20(30)26-17-3-1-2-4-19(17)29-11-13-31-14-12-29/h1-4,15-16H,5-14H2,(H,26,30). The lowest BCUT2D eigenvalue weighted by molar-refractivity contribution is -0.138. The summed E-state index contributed by atoms with van der Waals surface area (Å²) < 4.78 is 42.7. The van der Waals surface area contributed by atoms with E-state index in [1.54, 1.807) is 5.38 Å². The number of carbonyl (C=O) groups is 1. The first kappa shape index (κ1) is 23.0. The van der Waals surface area contributed by atoms with Crippen LogP contribution in [0.3, 0.4) is 0 Å². The van der Waals surface area contributed by atoms with Gasteiger partial charge in [0.15, 0.2) is 0 Å². The van der Waals surface area contributed by atoms with Crippen LogP contribution < -0.4 is 10.2 Å². The van der Waals surface area contributed by atoms with Crippen molar-refractivity contribution in [2.45, 2.75) is 31.4 Å². The quantitative estimate of drug-likeness (QED) is 0.683. The second-order valence-corrected chi connectivity index (χ2v) is 9.01. The van der Waals surface area contributed by atoms with Crippen LogP contribution in [-0.2, 0) is 4.74 Å². The lowest BCUT2D eigenvalue weighted by Crippen LogP contribution is -2.36. The van der Waals surface area contributed by atoms with Gasteiger partial charge in [-0.3, -0.25) is 4.79 Å². The van der Waals surface area contributed by atoms with E-state index < -0.39 is 12.6 Å². The molecule has 0 saturated carbocycles. The van der Waals surface area contributed by atoms with Crippen molar-refractivity contribution in [1.29, 1.82) is 0 Å². The van der Waals surface area contributed by atoms with Gasteiger partial charge >= 0.3 is 6.18 Å². The van der Waals surface area contributed by atoms with E-state index in [1.165, 1.54) is 11.3 Å². The molecule has 2 aliphatic rings. The van der Waals surface area contributed by atoms with Gasteiger partial charge in [0.1, 0.15) is 5.69 Å². The van der Waals surface area contributed by atoms with E-state index in [9.17, 15) is 18.0 Å². The van der Waals surface area contributed by atoms with Crippen molar-refractivity contribution in [2.24, 2.45) is 0 Å². The third-order valence-electron chi connectivity index (χ3n) is 5.91. The van der Waals surface area contributed by atoms with Crippen LogP contribution in [0.25, 0.3) is 0 Å². The summed E-state index contributed by atoms with van der Waals surface area (Å²) in [4.78, 5) is 21.5. The van der Waals surface area contributed by atoms with E-state index >= 15 is 0 Å². The molecule has 10 heteroatoms. The molecule has 174 valence electrons. The molecule has 0 bridgehead atoms. The highest BCUT2D eigenvalue weighted by Gasteiger charge is 2.30. The Hall–Kier alpha value is -2.17. The number of hydrogen-bond donors (Lipinski definition) is 1. The zero-order valence-electron chi connectivity index (χ0n) is 17.7. The zero-order valence-corrected chi connectivity index (χ0v) is 18.6. The van der Waals surface area contributed by atoms with E-state index in [1.807, 2.05) is 29.2 Å². The molecule has 0 spiro atoms. The second-order valence-electron chi connectivity index (χ2n) is 8.12. The van der Waals surface area contributed by atoms with Crippen LogP contribution in [-0.4, -0.2) is 67.9 Å². The normalized spacial score (nSPS) is 18.7. The molecule has 1 N–H and O–H groups in total. The Morgan fingerprint density at radius 2 is 1.88 bits per heavy atom. The number of aromatic nitrogens is 1. The number of piperidine rings is 1. The Morgan fingerprint density at radius 3 is 2.59 bits per heavy atom. The van der Waals surface area contributed by atoms with Crippen LogP contribution in [0.1, 0.15) is 40.7 Å². The lowest BCUT2D eigenvalue weighted by atomic mass is 9.97. The van der Waals surface area contributed by atoms with E-state index in [-0.39, 0.29) is 18.4 Å². The Labute approximate surface area is 189 Å². The molecule has 2 aliphatic heterocycles. The fourth-order valence-electron chi connectivity index (χ4n) is 4.11. The lowest BCUT2D eigenvalue weighted by Gasteiger charge is -2.31. The van der Waals surface area contributed by atoms with Crippen molar-refractivity contribution >= 4 is 28.6 Å². The molecule has 0 radical (unpaired) electrons. The SMILES string of the molecule is O=C(Nc1ccccc1N1CCOCC1)c1csc(C2CCN(CCC(F)(F)F)CC2)n1. The maximum atomic E-state index is 12.9. The number of morpholine rings is 1. The van der Waals surface area contributed by atoms with Crippen LogP contribution in [0.4, 0.5) is 24.5 Å². The topological polar surface area (TPSA) is 57.7 Å². The summed E-state index contributed by atoms with van der Waals surface area (Å²) in [5.41, 5.74) is 2.08. The van der Waals surface area contributed by atoms with E-state index in [0.29, 0.717) is 32.0 Å². The van der Waals surface area contributed by atoms with Crippen LogP contribution in [0.2, 0.25) is 0 Å². The summed E-state index contributed by atoms with van der Waals surface area (Å²) in [5.74, 6) is -0.0693. The summed E-state index contributed by atoms with van der Waals surface area (Å²) in [6, 6.07) is 7.70. The number of carbonyl (C=O) groups excluding carboxylic acids is 1. The number of benzene rings is 1. The summed E-state index contributed by atoms with van der Waals surface area (Å²) in [6.45, 7) is 4.15. The Bertz CT molecular complexity index is 907. The Balaban J connectivity index is 1.34. The highest BCUT2D eigenvalue weighted by atomic mass is 32.1. The van der Waals surface area contributed by atoms with Gasteiger partial charge in [-0.15, -0.1) is 11.3 Å². The first-order chi connectivity index (χ1) is 15.4. The first-order valence-corrected chi connectivity index (χ1v) is 11.7. The van der Waals surface area contributed by atoms with Crippen molar-refractivity contribution in [3.05, 3.63) is 40.3 Å². The van der Waals surface area contributed by atoms with Crippen molar-refractivity contribution < 1.29 is 22.7 Å². The van der Waals surface area contributed by atoms with Gasteiger partial charge in [-0.1, -0.05) is 12.1 Å². The molecule has 2 aromatic rings. The molecule has 2 saturated heterocycles. The van der Waals surface area contributed by atoms with Gasteiger partial charge in [-0.25, -0.2) is 4.98 Å². The number of hydrogen-bond acceptors (Lipinski definition) is 6. The number of rotatable bonds is 6. The predicted octanol–water partition coefficient (Wildman–Crippen LogP) is 4.36. The minimum Gasteiger partial charge on any atom is -0.378 e. The Morgan fingerprint density at radius 1 is 1.16 bits per heavy atom. The van der Waals surface area contributed by atoms with Crippen LogP contribution in [0.5, 0.6) is 0 Å². The average Bonchev–Trinajstić information content (AvgIpc) is 3.29. The number of nitrogens with one attached hydrogen (secondary N) is 1. The fraction of sp³-hybridized carbons (Fsp3) is 0.545. The monoisotopic (exact) mass is 468 g/mol. The van der Waals surface area contributed by atoms with Gasteiger partial charge in [0.25, 0.3) is 5.91 Å². The summed E-state index contributed by atoms with van der Waals surface area (Å²) in [7, 11) is 0. The molecule has 2 fully saturated rings. The summed E-state index contributed by atoms with van der Waals surface area (Å²) >= 11 is 1.45. The predicted molar refractivity (Wildman–Crippen MR) is 119 cm³/mol. The van der Waals surface area contributed by atoms with Crippen molar-refractivity contribution in [3.8, 4) is 0 Å². The third-order valence-corrected chi connectivity index (χ3v) is 6.91.